The molecule has 172 valence electrons. The summed E-state index contributed by atoms with van der Waals surface area (Å²) in [4.78, 5) is 22.1. The molecule has 0 aliphatic carbocycles. The molecule has 1 aromatic carbocycles. The van der Waals surface area contributed by atoms with Crippen LogP contribution in [0.2, 0.25) is 5.02 Å². The van der Waals surface area contributed by atoms with Gasteiger partial charge in [0, 0.05) is 43.9 Å². The van der Waals surface area contributed by atoms with Gasteiger partial charge in [0.05, 0.1) is 18.7 Å². The van der Waals surface area contributed by atoms with E-state index in [4.69, 9.17) is 21.1 Å². The molecular weight excluding hydrogens is 426 g/mol. The molecule has 0 unspecified atom stereocenters. The van der Waals surface area contributed by atoms with Gasteiger partial charge in [-0.25, -0.2) is 0 Å². The van der Waals surface area contributed by atoms with E-state index in [0.717, 1.165) is 50.5 Å². The maximum atomic E-state index is 13.2. The van der Waals surface area contributed by atoms with Gasteiger partial charge >= 0.3 is 0 Å². The number of piperidine rings is 1. The van der Waals surface area contributed by atoms with Crippen molar-refractivity contribution in [1.82, 2.24) is 14.8 Å². The lowest BCUT2D eigenvalue weighted by atomic mass is 9.96. The van der Waals surface area contributed by atoms with Gasteiger partial charge in [-0.05, 0) is 62.1 Å². The van der Waals surface area contributed by atoms with Gasteiger partial charge in [-0.15, -0.1) is 0 Å². The smallest absolute Gasteiger partial charge is 0.225 e. The lowest BCUT2D eigenvalue weighted by Gasteiger charge is -2.43. The van der Waals surface area contributed by atoms with Crippen LogP contribution in [-0.4, -0.2) is 65.7 Å². The zero-order valence-electron chi connectivity index (χ0n) is 18.8. The van der Waals surface area contributed by atoms with Crippen molar-refractivity contribution in [3.8, 4) is 5.75 Å². The molecule has 2 saturated heterocycles. The highest BCUT2D eigenvalue weighted by Gasteiger charge is 2.41. The van der Waals surface area contributed by atoms with Crippen molar-refractivity contribution >= 4 is 17.5 Å². The fourth-order valence-electron chi connectivity index (χ4n) is 4.48. The van der Waals surface area contributed by atoms with E-state index >= 15 is 0 Å². The third-order valence-electron chi connectivity index (χ3n) is 6.32. The monoisotopic (exact) mass is 457 g/mol. The number of nitrogens with zero attached hydrogens (tertiary/aromatic N) is 3. The quantitative estimate of drug-likeness (QED) is 0.626. The SMILES string of the molecule is Cc1cccnc1CN1CCO[C@](COc2ccc(Cl)cc2)(CC(=O)N2CCCCC2)C1. The third kappa shape index (κ3) is 6.00. The van der Waals surface area contributed by atoms with E-state index in [-0.39, 0.29) is 5.91 Å². The first-order valence-electron chi connectivity index (χ1n) is 11.5. The number of benzene rings is 1. The van der Waals surface area contributed by atoms with E-state index in [0.29, 0.717) is 31.2 Å². The van der Waals surface area contributed by atoms with Crippen LogP contribution in [0.15, 0.2) is 42.6 Å². The molecule has 2 aliphatic heterocycles. The van der Waals surface area contributed by atoms with Crippen LogP contribution in [-0.2, 0) is 16.1 Å². The molecule has 1 amide bonds. The van der Waals surface area contributed by atoms with Crippen LogP contribution in [0.3, 0.4) is 0 Å². The van der Waals surface area contributed by atoms with Crippen molar-refractivity contribution in [3.05, 3.63) is 58.9 Å². The number of ether oxygens (including phenoxy) is 2. The molecule has 0 N–H and O–H groups in total. The summed E-state index contributed by atoms with van der Waals surface area (Å²) in [6.07, 6.45) is 5.50. The van der Waals surface area contributed by atoms with Crippen LogP contribution in [0.25, 0.3) is 0 Å². The van der Waals surface area contributed by atoms with Gasteiger partial charge in [0.1, 0.15) is 18.0 Å². The average Bonchev–Trinajstić information content (AvgIpc) is 2.81. The summed E-state index contributed by atoms with van der Waals surface area (Å²) in [6, 6.07) is 11.3. The van der Waals surface area contributed by atoms with Crippen molar-refractivity contribution in [1.29, 1.82) is 0 Å². The third-order valence-corrected chi connectivity index (χ3v) is 6.57. The van der Waals surface area contributed by atoms with E-state index in [9.17, 15) is 4.79 Å². The first-order valence-corrected chi connectivity index (χ1v) is 11.8. The molecule has 0 saturated carbocycles. The zero-order chi connectivity index (χ0) is 22.4. The van der Waals surface area contributed by atoms with Crippen LogP contribution in [0, 0.1) is 6.92 Å². The number of aryl methyl sites for hydroxylation is 1. The van der Waals surface area contributed by atoms with Crippen molar-refractivity contribution in [3.63, 3.8) is 0 Å². The average molecular weight is 458 g/mol. The molecule has 0 bridgehead atoms. The summed E-state index contributed by atoms with van der Waals surface area (Å²) < 4.78 is 12.4. The molecule has 32 heavy (non-hydrogen) atoms. The number of carbonyl (C=O) groups excluding carboxylic acids is 1. The summed E-state index contributed by atoms with van der Waals surface area (Å²) in [6.45, 7) is 6.78. The first kappa shape index (κ1) is 23.0. The van der Waals surface area contributed by atoms with Crippen LogP contribution in [0.1, 0.15) is 36.9 Å². The zero-order valence-corrected chi connectivity index (χ0v) is 19.5. The predicted octanol–water partition coefficient (Wildman–Crippen LogP) is 4.10. The Bertz CT molecular complexity index is 902. The van der Waals surface area contributed by atoms with Crippen molar-refractivity contribution in [2.75, 3.05) is 39.4 Å². The maximum Gasteiger partial charge on any atom is 0.225 e. The Morgan fingerprint density at radius 1 is 1.16 bits per heavy atom. The normalized spacial score (nSPS) is 22.0. The number of rotatable bonds is 7. The number of morpholine rings is 1. The summed E-state index contributed by atoms with van der Waals surface area (Å²) in [5, 5.41) is 0.665. The maximum absolute atomic E-state index is 13.2. The number of pyridine rings is 1. The second-order valence-corrected chi connectivity index (χ2v) is 9.31. The molecule has 1 aromatic heterocycles. The van der Waals surface area contributed by atoms with E-state index in [1.165, 1.54) is 12.0 Å². The predicted molar refractivity (Wildman–Crippen MR) is 125 cm³/mol. The number of hydrogen-bond acceptors (Lipinski definition) is 5. The molecule has 1 atom stereocenters. The van der Waals surface area contributed by atoms with Crippen molar-refractivity contribution in [2.24, 2.45) is 0 Å². The minimum atomic E-state index is -0.699. The second kappa shape index (κ2) is 10.6. The molecule has 2 aliphatic rings. The highest BCUT2D eigenvalue weighted by atomic mass is 35.5. The number of likely N-dealkylation sites (tertiary alicyclic amines) is 1. The highest BCUT2D eigenvalue weighted by Crippen LogP contribution is 2.27. The number of amides is 1. The van der Waals surface area contributed by atoms with Crippen LogP contribution in [0.5, 0.6) is 5.75 Å². The second-order valence-electron chi connectivity index (χ2n) is 8.87. The summed E-state index contributed by atoms with van der Waals surface area (Å²) >= 11 is 6.01. The van der Waals surface area contributed by atoms with E-state index in [1.807, 2.05) is 29.3 Å². The first-order chi connectivity index (χ1) is 15.5. The summed E-state index contributed by atoms with van der Waals surface area (Å²) in [5.74, 6) is 0.876. The van der Waals surface area contributed by atoms with Gasteiger partial charge in [0.25, 0.3) is 0 Å². The fourth-order valence-corrected chi connectivity index (χ4v) is 4.60. The van der Waals surface area contributed by atoms with Gasteiger partial charge in [0.15, 0.2) is 0 Å². The lowest BCUT2D eigenvalue weighted by molar-refractivity contribution is -0.157. The van der Waals surface area contributed by atoms with Crippen molar-refractivity contribution in [2.45, 2.75) is 44.8 Å². The van der Waals surface area contributed by atoms with Gasteiger partial charge in [0.2, 0.25) is 5.91 Å². The Labute approximate surface area is 195 Å². The number of carbonyl (C=O) groups is 1. The Balaban J connectivity index is 1.49. The molecule has 0 radical (unpaired) electrons. The summed E-state index contributed by atoms with van der Waals surface area (Å²) in [7, 11) is 0. The Kier molecular flexibility index (Phi) is 7.66. The lowest BCUT2D eigenvalue weighted by Crippen LogP contribution is -2.57. The number of hydrogen-bond donors (Lipinski definition) is 0. The molecule has 2 fully saturated rings. The van der Waals surface area contributed by atoms with E-state index in [1.54, 1.807) is 12.1 Å². The topological polar surface area (TPSA) is 54.9 Å². The Morgan fingerprint density at radius 3 is 2.69 bits per heavy atom. The van der Waals surface area contributed by atoms with E-state index < -0.39 is 5.60 Å². The van der Waals surface area contributed by atoms with Gasteiger partial charge in [-0.1, -0.05) is 17.7 Å². The molecule has 0 spiro atoms. The minimum Gasteiger partial charge on any atom is -0.491 e. The molecular formula is C25H32ClN3O3. The minimum absolute atomic E-state index is 0.153. The molecule has 3 heterocycles. The van der Waals surface area contributed by atoms with Gasteiger partial charge in [-0.2, -0.15) is 0 Å². The van der Waals surface area contributed by atoms with Crippen molar-refractivity contribution < 1.29 is 14.3 Å². The number of halogens is 1. The molecule has 4 rings (SSSR count). The van der Waals surface area contributed by atoms with Crippen LogP contribution >= 0.6 is 11.6 Å². The molecule has 2 aromatic rings. The highest BCUT2D eigenvalue weighted by molar-refractivity contribution is 6.30. The van der Waals surface area contributed by atoms with E-state index in [2.05, 4.69) is 22.9 Å². The number of aromatic nitrogens is 1. The van der Waals surface area contributed by atoms with Crippen LogP contribution in [0.4, 0.5) is 0 Å². The molecule has 6 nitrogen and oxygen atoms in total. The fraction of sp³-hybridized carbons (Fsp3) is 0.520. The largest absolute Gasteiger partial charge is 0.491 e. The molecule has 7 heteroatoms. The van der Waals surface area contributed by atoms with Gasteiger partial charge < -0.3 is 14.4 Å². The summed E-state index contributed by atoms with van der Waals surface area (Å²) in [5.41, 5.74) is 1.53. The Morgan fingerprint density at radius 2 is 1.94 bits per heavy atom. The van der Waals surface area contributed by atoms with Gasteiger partial charge in [-0.3, -0.25) is 14.7 Å². The Hall–Kier alpha value is -2.15. The standard InChI is InChI=1S/C25H32ClN3O3/c1-20-6-5-11-27-23(20)17-28-14-15-32-25(18-28,16-24(30)29-12-3-2-4-13-29)19-31-22-9-7-21(26)8-10-22/h5-11H,2-4,12-19H2,1H3/t25-/m1/s1. The van der Waals surface area contributed by atoms with Crippen LogP contribution < -0.4 is 4.74 Å².